The van der Waals surface area contributed by atoms with Crippen LogP contribution in [0.3, 0.4) is 0 Å². The van der Waals surface area contributed by atoms with Gasteiger partial charge in [0.25, 0.3) is 0 Å². The molecule has 3 rings (SSSR count). The molecule has 1 aromatic rings. The maximum Gasteiger partial charge on any atom is 0.223 e. The molecule has 1 unspecified atom stereocenters. The molecule has 1 N–H and O–H groups in total. The topological polar surface area (TPSA) is 51.7 Å². The van der Waals surface area contributed by atoms with Gasteiger partial charge in [-0.25, -0.2) is 4.98 Å². The second-order valence-electron chi connectivity index (χ2n) is 6.42. The number of hydrogen-bond acceptors (Lipinski definition) is 5. The van der Waals surface area contributed by atoms with E-state index in [4.69, 9.17) is 0 Å². The highest BCUT2D eigenvalue weighted by Gasteiger charge is 2.24. The largest absolute Gasteiger partial charge is 0.354 e. The van der Waals surface area contributed by atoms with Crippen LogP contribution < -0.4 is 10.2 Å². The summed E-state index contributed by atoms with van der Waals surface area (Å²) in [4.78, 5) is 23.4. The number of carbonyl (C=O) groups is 1. The summed E-state index contributed by atoms with van der Waals surface area (Å²) in [7, 11) is 1.94. The van der Waals surface area contributed by atoms with E-state index in [2.05, 4.69) is 26.2 Å². The van der Waals surface area contributed by atoms with Gasteiger partial charge in [-0.05, 0) is 25.1 Å². The number of pyridine rings is 1. The molecule has 1 aromatic heterocycles. The zero-order valence-corrected chi connectivity index (χ0v) is 13.9. The number of rotatable bonds is 5. The van der Waals surface area contributed by atoms with Crippen molar-refractivity contribution in [3.8, 4) is 0 Å². The fraction of sp³-hybridized carbons (Fsp3) is 0.647. The lowest BCUT2D eigenvalue weighted by Gasteiger charge is -2.35. The molecule has 0 bridgehead atoms. The van der Waals surface area contributed by atoms with Crippen LogP contribution in [0.25, 0.3) is 0 Å². The molecule has 2 aliphatic heterocycles. The van der Waals surface area contributed by atoms with E-state index in [1.54, 1.807) is 0 Å². The fourth-order valence-corrected chi connectivity index (χ4v) is 3.35. The standard InChI is InChI=1S/C17H27N5O/c1-20(15-5-8-18-14-15)17(23)6-9-21-10-12-22(13-11-21)16-4-2-3-7-19-16/h2-4,7,15,18H,5-6,8-14H2,1H3. The number of carbonyl (C=O) groups excluding carboxylic acids is 1. The van der Waals surface area contributed by atoms with Crippen LogP contribution in [0.4, 0.5) is 5.82 Å². The molecule has 0 aliphatic carbocycles. The Morgan fingerprint density at radius 3 is 2.83 bits per heavy atom. The Balaban J connectivity index is 1.39. The van der Waals surface area contributed by atoms with Crippen molar-refractivity contribution in [3.63, 3.8) is 0 Å². The first-order valence-corrected chi connectivity index (χ1v) is 8.59. The van der Waals surface area contributed by atoms with E-state index in [9.17, 15) is 4.79 Å². The van der Waals surface area contributed by atoms with E-state index in [1.165, 1.54) is 0 Å². The molecule has 2 fully saturated rings. The van der Waals surface area contributed by atoms with Crippen LogP contribution in [0.1, 0.15) is 12.8 Å². The van der Waals surface area contributed by atoms with Crippen LogP contribution in [0, 0.1) is 0 Å². The summed E-state index contributed by atoms with van der Waals surface area (Å²) < 4.78 is 0. The molecule has 0 aromatic carbocycles. The third-order valence-corrected chi connectivity index (χ3v) is 4.96. The first-order chi connectivity index (χ1) is 11.2. The monoisotopic (exact) mass is 317 g/mol. The molecule has 126 valence electrons. The van der Waals surface area contributed by atoms with Gasteiger partial charge in [-0.2, -0.15) is 0 Å². The van der Waals surface area contributed by atoms with Gasteiger partial charge in [-0.3, -0.25) is 9.69 Å². The summed E-state index contributed by atoms with van der Waals surface area (Å²) >= 11 is 0. The van der Waals surface area contributed by atoms with Crippen LogP contribution >= 0.6 is 0 Å². The molecule has 2 saturated heterocycles. The van der Waals surface area contributed by atoms with Crippen LogP contribution in [0.2, 0.25) is 0 Å². The lowest BCUT2D eigenvalue weighted by Crippen LogP contribution is -2.48. The number of aromatic nitrogens is 1. The van der Waals surface area contributed by atoms with Gasteiger partial charge >= 0.3 is 0 Å². The van der Waals surface area contributed by atoms with Gasteiger partial charge in [0.2, 0.25) is 5.91 Å². The minimum atomic E-state index is 0.269. The van der Waals surface area contributed by atoms with Crippen molar-refractivity contribution >= 4 is 11.7 Å². The van der Waals surface area contributed by atoms with Crippen molar-refractivity contribution in [1.29, 1.82) is 0 Å². The Kier molecular flexibility index (Phi) is 5.46. The van der Waals surface area contributed by atoms with Gasteiger partial charge in [0, 0.05) is 65.0 Å². The summed E-state index contributed by atoms with van der Waals surface area (Å²) in [6.45, 7) is 6.78. The maximum atomic E-state index is 12.3. The van der Waals surface area contributed by atoms with Gasteiger partial charge in [0.15, 0.2) is 0 Å². The summed E-state index contributed by atoms with van der Waals surface area (Å²) in [6, 6.07) is 6.41. The van der Waals surface area contributed by atoms with Gasteiger partial charge < -0.3 is 15.1 Å². The summed E-state index contributed by atoms with van der Waals surface area (Å²) in [5, 5.41) is 3.32. The van der Waals surface area contributed by atoms with Crippen molar-refractivity contribution in [1.82, 2.24) is 20.1 Å². The molecule has 23 heavy (non-hydrogen) atoms. The van der Waals surface area contributed by atoms with Crippen molar-refractivity contribution < 1.29 is 4.79 Å². The molecular weight excluding hydrogens is 290 g/mol. The molecule has 0 radical (unpaired) electrons. The van der Waals surface area contributed by atoms with Crippen LogP contribution in [-0.4, -0.2) is 79.6 Å². The fourth-order valence-electron chi connectivity index (χ4n) is 3.35. The number of nitrogens with zero attached hydrogens (tertiary/aromatic N) is 4. The van der Waals surface area contributed by atoms with E-state index in [0.717, 1.165) is 58.1 Å². The molecule has 6 nitrogen and oxygen atoms in total. The quantitative estimate of drug-likeness (QED) is 0.853. The molecule has 2 aliphatic rings. The maximum absolute atomic E-state index is 12.3. The van der Waals surface area contributed by atoms with Gasteiger partial charge in [-0.15, -0.1) is 0 Å². The second kappa shape index (κ2) is 7.75. The Morgan fingerprint density at radius 1 is 1.35 bits per heavy atom. The highest BCUT2D eigenvalue weighted by Crippen LogP contribution is 2.13. The van der Waals surface area contributed by atoms with E-state index in [1.807, 2.05) is 30.3 Å². The summed E-state index contributed by atoms with van der Waals surface area (Å²) in [6.07, 6.45) is 3.54. The molecule has 1 atom stereocenters. The minimum Gasteiger partial charge on any atom is -0.354 e. The predicted octanol–water partition coefficient (Wildman–Crippen LogP) is 0.414. The SMILES string of the molecule is CN(C(=O)CCN1CCN(c2ccccn2)CC1)C1CCNC1. The average molecular weight is 317 g/mol. The van der Waals surface area contributed by atoms with E-state index in [0.29, 0.717) is 12.5 Å². The average Bonchev–Trinajstić information content (AvgIpc) is 3.15. The number of anilines is 1. The normalized spacial score (nSPS) is 22.3. The number of hydrogen-bond donors (Lipinski definition) is 1. The summed E-state index contributed by atoms with van der Waals surface area (Å²) in [5.41, 5.74) is 0. The Hall–Kier alpha value is -1.66. The Bertz CT molecular complexity index is 495. The third kappa shape index (κ3) is 4.20. The molecule has 6 heteroatoms. The van der Waals surface area contributed by atoms with Crippen molar-refractivity contribution in [2.24, 2.45) is 0 Å². The minimum absolute atomic E-state index is 0.269. The molecule has 0 saturated carbocycles. The first kappa shape index (κ1) is 16.2. The lowest BCUT2D eigenvalue weighted by atomic mass is 10.2. The Morgan fingerprint density at radius 2 is 2.17 bits per heavy atom. The second-order valence-corrected chi connectivity index (χ2v) is 6.42. The number of amides is 1. The number of piperazine rings is 1. The highest BCUT2D eigenvalue weighted by molar-refractivity contribution is 5.76. The van der Waals surface area contributed by atoms with Gasteiger partial charge in [0.1, 0.15) is 5.82 Å². The molecular formula is C17H27N5O. The first-order valence-electron chi connectivity index (χ1n) is 8.59. The van der Waals surface area contributed by atoms with Crippen molar-refractivity contribution in [3.05, 3.63) is 24.4 Å². The number of likely N-dealkylation sites (N-methyl/N-ethyl adjacent to an activating group) is 1. The third-order valence-electron chi connectivity index (χ3n) is 4.96. The predicted molar refractivity (Wildman–Crippen MR) is 91.6 cm³/mol. The lowest BCUT2D eigenvalue weighted by molar-refractivity contribution is -0.132. The molecule has 3 heterocycles. The molecule has 1 amide bonds. The van der Waals surface area contributed by atoms with E-state index >= 15 is 0 Å². The molecule has 0 spiro atoms. The van der Waals surface area contributed by atoms with Crippen LogP contribution in [0.5, 0.6) is 0 Å². The van der Waals surface area contributed by atoms with Crippen molar-refractivity contribution in [2.45, 2.75) is 18.9 Å². The smallest absolute Gasteiger partial charge is 0.223 e. The van der Waals surface area contributed by atoms with E-state index in [-0.39, 0.29) is 5.91 Å². The van der Waals surface area contributed by atoms with Crippen molar-refractivity contribution in [2.75, 3.05) is 57.8 Å². The van der Waals surface area contributed by atoms with Crippen LogP contribution in [0.15, 0.2) is 24.4 Å². The zero-order chi connectivity index (χ0) is 16.1. The zero-order valence-electron chi connectivity index (χ0n) is 13.9. The number of nitrogens with one attached hydrogen (secondary N) is 1. The van der Waals surface area contributed by atoms with E-state index < -0.39 is 0 Å². The van der Waals surface area contributed by atoms with Crippen LogP contribution in [-0.2, 0) is 4.79 Å². The van der Waals surface area contributed by atoms with Gasteiger partial charge in [0.05, 0.1) is 0 Å². The summed E-state index contributed by atoms with van der Waals surface area (Å²) in [5.74, 6) is 1.32. The Labute approximate surface area is 138 Å². The highest BCUT2D eigenvalue weighted by atomic mass is 16.2. The van der Waals surface area contributed by atoms with Gasteiger partial charge in [-0.1, -0.05) is 6.07 Å².